The van der Waals surface area contributed by atoms with Crippen LogP contribution < -0.4 is 4.74 Å². The van der Waals surface area contributed by atoms with Crippen LogP contribution in [0.15, 0.2) is 54.7 Å². The average Bonchev–Trinajstić information content (AvgIpc) is 2.55. The molecule has 0 saturated heterocycles. The topological polar surface area (TPSA) is 45.9 Å². The number of para-hydroxylation sites is 1. The van der Waals surface area contributed by atoms with Crippen LogP contribution in [-0.2, 0) is 5.33 Å². The molecular formula is C17H11BrN2O. The number of benzene rings is 2. The van der Waals surface area contributed by atoms with Gasteiger partial charge in [-0.15, -0.1) is 0 Å². The number of pyridine rings is 1. The lowest BCUT2D eigenvalue weighted by atomic mass is 10.1. The first-order valence-electron chi connectivity index (χ1n) is 6.42. The molecule has 0 N–H and O–H groups in total. The third-order valence-electron chi connectivity index (χ3n) is 3.13. The van der Waals surface area contributed by atoms with Crippen LogP contribution in [0.5, 0.6) is 11.5 Å². The molecule has 0 radical (unpaired) electrons. The summed E-state index contributed by atoms with van der Waals surface area (Å²) in [7, 11) is 0. The van der Waals surface area contributed by atoms with Crippen LogP contribution in [0.25, 0.3) is 10.9 Å². The molecule has 0 aliphatic carbocycles. The molecule has 0 saturated carbocycles. The Balaban J connectivity index is 2.05. The Morgan fingerprint density at radius 1 is 1.10 bits per heavy atom. The molecule has 3 nitrogen and oxygen atoms in total. The van der Waals surface area contributed by atoms with Gasteiger partial charge in [0.15, 0.2) is 5.75 Å². The fourth-order valence-electron chi connectivity index (χ4n) is 2.11. The molecule has 4 heteroatoms. The van der Waals surface area contributed by atoms with Crippen LogP contribution in [0.1, 0.15) is 11.1 Å². The predicted molar refractivity (Wildman–Crippen MR) is 85.6 cm³/mol. The largest absolute Gasteiger partial charge is 0.454 e. The summed E-state index contributed by atoms with van der Waals surface area (Å²) in [6, 6.07) is 17.4. The molecule has 0 aliphatic rings. The number of fused-ring (bicyclic) bond motifs is 1. The van der Waals surface area contributed by atoms with Crippen molar-refractivity contribution >= 4 is 26.8 Å². The third kappa shape index (κ3) is 2.74. The average molecular weight is 339 g/mol. The van der Waals surface area contributed by atoms with E-state index in [4.69, 9.17) is 4.74 Å². The highest BCUT2D eigenvalue weighted by Gasteiger charge is 2.09. The van der Waals surface area contributed by atoms with E-state index in [1.807, 2.05) is 48.5 Å². The molecule has 0 fully saturated rings. The highest BCUT2D eigenvalue weighted by Crippen LogP contribution is 2.30. The second-order valence-corrected chi connectivity index (χ2v) is 5.07. The van der Waals surface area contributed by atoms with Crippen LogP contribution in [0.3, 0.4) is 0 Å². The fraction of sp³-hybridized carbons (Fsp3) is 0.0588. The molecule has 0 spiro atoms. The van der Waals surface area contributed by atoms with Gasteiger partial charge >= 0.3 is 0 Å². The van der Waals surface area contributed by atoms with Crippen molar-refractivity contribution < 1.29 is 4.74 Å². The lowest BCUT2D eigenvalue weighted by molar-refractivity contribution is 0.485. The predicted octanol–water partition coefficient (Wildman–Crippen LogP) is 4.79. The van der Waals surface area contributed by atoms with E-state index in [2.05, 4.69) is 27.0 Å². The van der Waals surface area contributed by atoms with Gasteiger partial charge in [-0.1, -0.05) is 40.2 Å². The summed E-state index contributed by atoms with van der Waals surface area (Å²) in [4.78, 5) is 4.35. The number of nitriles is 1. The van der Waals surface area contributed by atoms with E-state index < -0.39 is 0 Å². The number of rotatable bonds is 3. The van der Waals surface area contributed by atoms with Crippen molar-refractivity contribution in [3.05, 3.63) is 65.9 Å². The maximum absolute atomic E-state index is 9.27. The Kier molecular flexibility index (Phi) is 3.85. The number of halogens is 1. The minimum atomic E-state index is 0.514. The minimum absolute atomic E-state index is 0.514. The van der Waals surface area contributed by atoms with Crippen LogP contribution in [0.4, 0.5) is 0 Å². The molecule has 0 bridgehead atoms. The molecule has 3 aromatic rings. The Labute approximate surface area is 130 Å². The van der Waals surface area contributed by atoms with Crippen LogP contribution >= 0.6 is 15.9 Å². The first kappa shape index (κ1) is 13.6. The molecule has 3 rings (SSSR count). The lowest BCUT2D eigenvalue weighted by Crippen LogP contribution is -1.92. The maximum Gasteiger partial charge on any atom is 0.153 e. The van der Waals surface area contributed by atoms with Crippen molar-refractivity contribution in [3.63, 3.8) is 0 Å². The minimum Gasteiger partial charge on any atom is -0.454 e. The summed E-state index contributed by atoms with van der Waals surface area (Å²) in [5.74, 6) is 1.19. The highest BCUT2D eigenvalue weighted by molar-refractivity contribution is 9.08. The smallest absolute Gasteiger partial charge is 0.153 e. The quantitative estimate of drug-likeness (QED) is 0.644. The summed E-state index contributed by atoms with van der Waals surface area (Å²) < 4.78 is 5.91. The van der Waals surface area contributed by atoms with Crippen LogP contribution in [0.2, 0.25) is 0 Å². The van der Waals surface area contributed by atoms with Gasteiger partial charge in [-0.05, 0) is 29.8 Å². The Hall–Kier alpha value is -2.38. The molecule has 102 valence electrons. The standard InChI is InChI=1S/C17H11BrN2O/c18-10-12-6-7-15(14(9-12)11-19)21-16-5-1-3-13-4-2-8-20-17(13)16/h1-9H,10H2. The lowest BCUT2D eigenvalue weighted by Gasteiger charge is -2.10. The van der Waals surface area contributed by atoms with Gasteiger partial charge in [0, 0.05) is 16.9 Å². The number of aromatic nitrogens is 1. The summed E-state index contributed by atoms with van der Waals surface area (Å²) in [5, 5.41) is 11.0. The van der Waals surface area contributed by atoms with E-state index in [1.165, 1.54) is 0 Å². The van der Waals surface area contributed by atoms with Gasteiger partial charge in [0.1, 0.15) is 17.3 Å². The first-order chi connectivity index (χ1) is 10.3. The van der Waals surface area contributed by atoms with Crippen molar-refractivity contribution in [1.29, 1.82) is 5.26 Å². The normalized spacial score (nSPS) is 10.3. The summed E-state index contributed by atoms with van der Waals surface area (Å²) >= 11 is 3.38. The number of nitrogens with zero attached hydrogens (tertiary/aromatic N) is 2. The SMILES string of the molecule is N#Cc1cc(CBr)ccc1Oc1cccc2cccnc12. The van der Waals surface area contributed by atoms with Gasteiger partial charge < -0.3 is 4.74 Å². The number of alkyl halides is 1. The monoisotopic (exact) mass is 338 g/mol. The molecule has 1 heterocycles. The van der Waals surface area contributed by atoms with Gasteiger partial charge in [0.2, 0.25) is 0 Å². The van der Waals surface area contributed by atoms with Crippen LogP contribution in [-0.4, -0.2) is 4.98 Å². The third-order valence-corrected chi connectivity index (χ3v) is 3.78. The van der Waals surface area contributed by atoms with Gasteiger partial charge in [0.25, 0.3) is 0 Å². The molecule has 1 aromatic heterocycles. The van der Waals surface area contributed by atoms with Crippen molar-refractivity contribution in [3.8, 4) is 17.6 Å². The Morgan fingerprint density at radius 2 is 1.95 bits per heavy atom. The number of hydrogen-bond acceptors (Lipinski definition) is 3. The van der Waals surface area contributed by atoms with Crippen molar-refractivity contribution in [2.75, 3.05) is 0 Å². The molecule has 0 amide bonds. The van der Waals surface area contributed by atoms with E-state index in [9.17, 15) is 5.26 Å². The molecule has 2 aromatic carbocycles. The molecular weight excluding hydrogens is 328 g/mol. The maximum atomic E-state index is 9.27. The van der Waals surface area contributed by atoms with Crippen molar-refractivity contribution in [1.82, 2.24) is 4.98 Å². The number of ether oxygens (including phenoxy) is 1. The molecule has 0 aliphatic heterocycles. The first-order valence-corrected chi connectivity index (χ1v) is 7.54. The Bertz CT molecular complexity index is 834. The zero-order chi connectivity index (χ0) is 14.7. The Morgan fingerprint density at radius 3 is 2.76 bits per heavy atom. The van der Waals surface area contributed by atoms with Gasteiger partial charge in [-0.25, -0.2) is 0 Å². The van der Waals surface area contributed by atoms with Crippen molar-refractivity contribution in [2.45, 2.75) is 5.33 Å². The highest BCUT2D eigenvalue weighted by atomic mass is 79.9. The van der Waals surface area contributed by atoms with E-state index >= 15 is 0 Å². The van der Waals surface area contributed by atoms with Crippen molar-refractivity contribution in [2.24, 2.45) is 0 Å². The summed E-state index contributed by atoms with van der Waals surface area (Å²) in [6.07, 6.45) is 1.73. The van der Waals surface area contributed by atoms with E-state index in [0.29, 0.717) is 22.4 Å². The summed E-state index contributed by atoms with van der Waals surface area (Å²) in [6.45, 7) is 0. The number of hydrogen-bond donors (Lipinski definition) is 0. The van der Waals surface area contributed by atoms with Crippen LogP contribution in [0, 0.1) is 11.3 Å². The second kappa shape index (κ2) is 5.94. The fourth-order valence-corrected chi connectivity index (χ4v) is 2.46. The van der Waals surface area contributed by atoms with E-state index in [0.717, 1.165) is 16.5 Å². The molecule has 0 unspecified atom stereocenters. The molecule has 0 atom stereocenters. The second-order valence-electron chi connectivity index (χ2n) is 4.51. The zero-order valence-corrected chi connectivity index (χ0v) is 12.7. The zero-order valence-electron chi connectivity index (χ0n) is 11.1. The van der Waals surface area contributed by atoms with E-state index in [1.54, 1.807) is 6.20 Å². The van der Waals surface area contributed by atoms with Gasteiger partial charge in [0.05, 0.1) is 5.56 Å². The van der Waals surface area contributed by atoms with Gasteiger partial charge in [-0.3, -0.25) is 4.98 Å². The van der Waals surface area contributed by atoms with Gasteiger partial charge in [-0.2, -0.15) is 5.26 Å². The molecule has 21 heavy (non-hydrogen) atoms. The van der Waals surface area contributed by atoms with E-state index in [-0.39, 0.29) is 0 Å². The summed E-state index contributed by atoms with van der Waals surface area (Å²) in [5.41, 5.74) is 2.34.